The summed E-state index contributed by atoms with van der Waals surface area (Å²) in [5.41, 5.74) is 0.566. The number of para-hydroxylation sites is 1. The first-order valence-electron chi connectivity index (χ1n) is 8.10. The van der Waals surface area contributed by atoms with E-state index in [2.05, 4.69) is 9.72 Å². The molecule has 1 heterocycles. The molecule has 9 heteroatoms. The number of hydrogen-bond donors (Lipinski definition) is 2. The smallest absolute Gasteiger partial charge is 0.406 e. The number of anilines is 1. The zero-order chi connectivity index (χ0) is 20.5. The number of aromatic nitrogens is 1. The average molecular weight is 408 g/mol. The van der Waals surface area contributed by atoms with Crippen molar-refractivity contribution in [2.24, 2.45) is 0 Å². The molecule has 3 rings (SSSR count). The van der Waals surface area contributed by atoms with Gasteiger partial charge in [0.2, 0.25) is 0 Å². The van der Waals surface area contributed by atoms with E-state index < -0.39 is 24.3 Å². The van der Waals surface area contributed by atoms with Crippen LogP contribution in [0.3, 0.4) is 0 Å². The number of fused-ring (bicyclic) bond motifs is 1. The Morgan fingerprint density at radius 2 is 1.89 bits per heavy atom. The van der Waals surface area contributed by atoms with Crippen molar-refractivity contribution in [3.05, 3.63) is 70.0 Å². The molecule has 0 unspecified atom stereocenters. The van der Waals surface area contributed by atoms with Crippen molar-refractivity contribution in [3.63, 3.8) is 0 Å². The molecule has 2 aromatic carbocycles. The lowest BCUT2D eigenvalue weighted by atomic mass is 10.0. The van der Waals surface area contributed by atoms with Gasteiger partial charge in [0.15, 0.2) is 0 Å². The lowest BCUT2D eigenvalue weighted by Crippen LogP contribution is -2.32. The van der Waals surface area contributed by atoms with Crippen molar-refractivity contribution < 1.29 is 23.0 Å². The van der Waals surface area contributed by atoms with Crippen LogP contribution < -0.4 is 15.2 Å². The quantitative estimate of drug-likeness (QED) is 0.644. The van der Waals surface area contributed by atoms with Crippen LogP contribution >= 0.6 is 12.2 Å². The summed E-state index contributed by atoms with van der Waals surface area (Å²) in [5, 5.41) is 10.1. The molecule has 0 saturated heterocycles. The van der Waals surface area contributed by atoms with Crippen molar-refractivity contribution in [1.82, 2.24) is 4.98 Å². The molecular weight excluding hydrogens is 393 g/mol. The van der Waals surface area contributed by atoms with Crippen molar-refractivity contribution in [1.29, 1.82) is 0 Å². The Balaban J connectivity index is 2.15. The van der Waals surface area contributed by atoms with Gasteiger partial charge in [0.25, 0.3) is 5.56 Å². The van der Waals surface area contributed by atoms with E-state index in [-0.39, 0.29) is 27.0 Å². The molecule has 146 valence electrons. The largest absolute Gasteiger partial charge is 0.573 e. The van der Waals surface area contributed by atoms with Gasteiger partial charge in [0.05, 0.1) is 12.2 Å². The first kappa shape index (κ1) is 19.8. The number of aromatic amines is 1. The minimum atomic E-state index is -4.86. The van der Waals surface area contributed by atoms with Crippen LogP contribution in [0.5, 0.6) is 5.75 Å². The average Bonchev–Trinajstić information content (AvgIpc) is 2.65. The lowest BCUT2D eigenvalue weighted by Gasteiger charge is -2.22. The van der Waals surface area contributed by atoms with Crippen molar-refractivity contribution in [2.45, 2.75) is 13.0 Å². The summed E-state index contributed by atoms with van der Waals surface area (Å²) in [6.45, 7) is -0.589. The van der Waals surface area contributed by atoms with Gasteiger partial charge < -0.3 is 19.7 Å². The molecule has 0 radical (unpaired) electrons. The first-order chi connectivity index (χ1) is 13.2. The Morgan fingerprint density at radius 3 is 2.50 bits per heavy atom. The van der Waals surface area contributed by atoms with E-state index in [4.69, 9.17) is 12.2 Å². The number of alkyl halides is 3. The number of hydrogen-bond acceptors (Lipinski definition) is 4. The molecule has 0 spiro atoms. The van der Waals surface area contributed by atoms with Gasteiger partial charge in [-0.3, -0.25) is 4.79 Å². The highest BCUT2D eigenvalue weighted by Crippen LogP contribution is 2.29. The maximum absolute atomic E-state index is 12.6. The molecule has 28 heavy (non-hydrogen) atoms. The highest BCUT2D eigenvalue weighted by molar-refractivity contribution is 7.81. The Kier molecular flexibility index (Phi) is 5.39. The summed E-state index contributed by atoms with van der Waals surface area (Å²) in [7, 11) is 1.66. The molecule has 2 N–H and O–H groups in total. The van der Waals surface area contributed by atoms with Gasteiger partial charge in [-0.1, -0.05) is 30.4 Å². The van der Waals surface area contributed by atoms with Crippen molar-refractivity contribution >= 4 is 33.8 Å². The molecule has 5 nitrogen and oxygen atoms in total. The maximum atomic E-state index is 12.6. The first-order valence-corrected chi connectivity index (χ1v) is 8.50. The summed E-state index contributed by atoms with van der Waals surface area (Å²) in [5.74, 6) is -0.463. The topological polar surface area (TPSA) is 65.6 Å². The molecule has 0 aliphatic heterocycles. The minimum absolute atomic E-state index is 0.0144. The predicted molar refractivity (Wildman–Crippen MR) is 104 cm³/mol. The third kappa shape index (κ3) is 4.00. The molecule has 3 aromatic rings. The molecule has 0 amide bonds. The van der Waals surface area contributed by atoms with Gasteiger partial charge in [-0.2, -0.15) is 0 Å². The summed E-state index contributed by atoms with van der Waals surface area (Å²) in [4.78, 5) is 16.9. The molecule has 1 aromatic heterocycles. The van der Waals surface area contributed by atoms with E-state index in [9.17, 15) is 23.1 Å². The number of nitrogens with zero attached hydrogens (tertiary/aromatic N) is 1. The van der Waals surface area contributed by atoms with Crippen LogP contribution in [0.4, 0.5) is 18.9 Å². The van der Waals surface area contributed by atoms with Gasteiger partial charge >= 0.3 is 6.36 Å². The van der Waals surface area contributed by atoms with Crippen LogP contribution in [-0.2, 0) is 6.61 Å². The summed E-state index contributed by atoms with van der Waals surface area (Å²) in [6.07, 6.45) is -4.86. The fraction of sp³-hybridized carbons (Fsp3) is 0.158. The Labute approximate surface area is 163 Å². The highest BCUT2D eigenvalue weighted by atomic mass is 32.1. The summed E-state index contributed by atoms with van der Waals surface area (Å²) >= 11 is 5.43. The van der Waals surface area contributed by atoms with E-state index >= 15 is 0 Å². The standard InChI is InChI=1S/C19H15F3N2O3S/c1-24(11-5-3-2-4-6-11)18(28)16-14(10-25)13-9-12(27-19(20,21)22)7-8-15(13)23-17(16)26/h2-9,25H,10H2,1H3,(H,23,26). The number of rotatable bonds is 4. The van der Waals surface area contributed by atoms with Crippen molar-refractivity contribution in [3.8, 4) is 5.75 Å². The zero-order valence-electron chi connectivity index (χ0n) is 14.6. The van der Waals surface area contributed by atoms with Gasteiger partial charge in [0.1, 0.15) is 10.7 Å². The molecule has 0 atom stereocenters. The second kappa shape index (κ2) is 7.61. The molecule has 0 saturated carbocycles. The fourth-order valence-corrected chi connectivity index (χ4v) is 3.18. The Hall–Kier alpha value is -2.91. The molecular formula is C19H15F3N2O3S. The van der Waals surface area contributed by atoms with Crippen molar-refractivity contribution in [2.75, 3.05) is 11.9 Å². The van der Waals surface area contributed by atoms with Crippen LogP contribution in [0.2, 0.25) is 0 Å². The van der Waals surface area contributed by atoms with E-state index in [1.54, 1.807) is 36.2 Å². The predicted octanol–water partition coefficient (Wildman–Crippen LogP) is 3.73. The summed E-state index contributed by atoms with van der Waals surface area (Å²) < 4.78 is 41.5. The SMILES string of the molecule is CN(C(=S)c1c(CO)c2cc(OC(F)(F)F)ccc2[nH]c1=O)c1ccccc1. The number of halogens is 3. The Morgan fingerprint density at radius 1 is 1.21 bits per heavy atom. The number of H-pyrrole nitrogens is 1. The number of aliphatic hydroxyl groups excluding tert-OH is 1. The third-order valence-electron chi connectivity index (χ3n) is 4.15. The van der Waals surface area contributed by atoms with Gasteiger partial charge in [-0.05, 0) is 30.3 Å². The number of nitrogens with one attached hydrogen (secondary N) is 1. The van der Waals surface area contributed by atoms with E-state index in [0.29, 0.717) is 5.69 Å². The minimum Gasteiger partial charge on any atom is -0.406 e. The maximum Gasteiger partial charge on any atom is 0.573 e. The lowest BCUT2D eigenvalue weighted by molar-refractivity contribution is -0.274. The number of aliphatic hydroxyl groups is 1. The highest BCUT2D eigenvalue weighted by Gasteiger charge is 2.31. The number of pyridine rings is 1. The number of benzene rings is 2. The van der Waals surface area contributed by atoms with Crippen LogP contribution in [-0.4, -0.2) is 28.5 Å². The Bertz CT molecular complexity index is 1080. The second-order valence-electron chi connectivity index (χ2n) is 5.92. The van der Waals surface area contributed by atoms with E-state index in [0.717, 1.165) is 12.1 Å². The van der Waals surface area contributed by atoms with Crippen LogP contribution in [0, 0.1) is 0 Å². The van der Waals surface area contributed by atoms with Gasteiger partial charge in [0, 0.05) is 29.2 Å². The molecule has 0 bridgehead atoms. The normalized spacial score (nSPS) is 11.5. The van der Waals surface area contributed by atoms with E-state index in [1.807, 2.05) is 6.07 Å². The van der Waals surface area contributed by atoms with Gasteiger partial charge in [-0.15, -0.1) is 13.2 Å². The van der Waals surface area contributed by atoms with Crippen LogP contribution in [0.1, 0.15) is 11.1 Å². The summed E-state index contributed by atoms with van der Waals surface area (Å²) in [6, 6.07) is 12.5. The van der Waals surface area contributed by atoms with Crippen LogP contribution in [0.15, 0.2) is 53.3 Å². The number of thiocarbonyl (C=S) groups is 1. The fourth-order valence-electron chi connectivity index (χ4n) is 2.86. The molecule has 0 aliphatic carbocycles. The third-order valence-corrected chi connectivity index (χ3v) is 4.62. The number of ether oxygens (including phenoxy) is 1. The zero-order valence-corrected chi connectivity index (χ0v) is 15.4. The molecule has 0 fully saturated rings. The second-order valence-corrected chi connectivity index (χ2v) is 6.31. The van der Waals surface area contributed by atoms with Crippen LogP contribution in [0.25, 0.3) is 10.9 Å². The monoisotopic (exact) mass is 408 g/mol. The van der Waals surface area contributed by atoms with E-state index in [1.165, 1.54) is 6.07 Å². The molecule has 0 aliphatic rings. The van der Waals surface area contributed by atoms with Gasteiger partial charge in [-0.25, -0.2) is 0 Å².